The molecule has 0 aliphatic heterocycles. The molecule has 1 amide bonds. The number of rotatable bonds is 7. The van der Waals surface area contributed by atoms with Crippen molar-refractivity contribution >= 4 is 51.1 Å². The molecule has 0 saturated heterocycles. The smallest absolute Gasteiger partial charge is 0.355 e. The van der Waals surface area contributed by atoms with E-state index in [2.05, 4.69) is 10.5 Å². The van der Waals surface area contributed by atoms with Gasteiger partial charge in [0.15, 0.2) is 6.10 Å². The van der Waals surface area contributed by atoms with Gasteiger partial charge in [-0.25, -0.2) is 10.2 Å². The van der Waals surface area contributed by atoms with Crippen molar-refractivity contribution in [1.82, 2.24) is 5.43 Å². The molecule has 166 valence electrons. The summed E-state index contributed by atoms with van der Waals surface area (Å²) >= 11 is 7.64. The Labute approximate surface area is 199 Å². The Bertz CT molecular complexity index is 1300. The maximum Gasteiger partial charge on any atom is 0.355 e. The number of hydrogen-bond acceptors (Lipinski definition) is 6. The number of carbonyl (C=O) groups is 2. The average Bonchev–Trinajstić information content (AvgIpc) is 3.18. The van der Waals surface area contributed by atoms with E-state index in [1.807, 2.05) is 54.6 Å². The highest BCUT2D eigenvalue weighted by Crippen LogP contribution is 2.35. The molecule has 0 bridgehead atoms. The first-order valence-corrected chi connectivity index (χ1v) is 11.2. The summed E-state index contributed by atoms with van der Waals surface area (Å²) in [4.78, 5) is 25.3. The van der Waals surface area contributed by atoms with Gasteiger partial charge in [-0.1, -0.05) is 60.1 Å². The van der Waals surface area contributed by atoms with Crippen LogP contribution in [0.2, 0.25) is 5.02 Å². The van der Waals surface area contributed by atoms with E-state index in [0.29, 0.717) is 21.2 Å². The number of ether oxygens (including phenoxy) is 2. The molecule has 0 saturated carbocycles. The number of methoxy groups -OCH3 is 1. The SMILES string of the molecule is CO[C@@H](C(=O)N/N=C\c1ccc(OC(=O)c2sc3ccccc3c2Cl)cc1)c1ccccc1. The second kappa shape index (κ2) is 10.4. The van der Waals surface area contributed by atoms with E-state index in [9.17, 15) is 9.59 Å². The molecule has 33 heavy (non-hydrogen) atoms. The van der Waals surface area contributed by atoms with Crippen molar-refractivity contribution in [3.63, 3.8) is 0 Å². The number of benzene rings is 3. The number of amides is 1. The predicted octanol–water partition coefficient (Wildman–Crippen LogP) is 5.61. The molecule has 0 fully saturated rings. The van der Waals surface area contributed by atoms with Gasteiger partial charge in [0.2, 0.25) is 0 Å². The Balaban J connectivity index is 1.37. The number of esters is 1. The van der Waals surface area contributed by atoms with Crippen LogP contribution in [0.4, 0.5) is 0 Å². The number of hydrogen-bond donors (Lipinski definition) is 1. The Morgan fingerprint density at radius 2 is 1.70 bits per heavy atom. The number of carbonyl (C=O) groups excluding carboxylic acids is 2. The zero-order valence-corrected chi connectivity index (χ0v) is 19.1. The lowest BCUT2D eigenvalue weighted by molar-refractivity contribution is -0.131. The number of fused-ring (bicyclic) bond motifs is 1. The first-order chi connectivity index (χ1) is 16.1. The van der Waals surface area contributed by atoms with Gasteiger partial charge < -0.3 is 9.47 Å². The zero-order chi connectivity index (χ0) is 23.2. The van der Waals surface area contributed by atoms with Crippen molar-refractivity contribution < 1.29 is 19.1 Å². The lowest BCUT2D eigenvalue weighted by Gasteiger charge is -2.13. The highest BCUT2D eigenvalue weighted by Gasteiger charge is 2.20. The van der Waals surface area contributed by atoms with Crippen LogP contribution >= 0.6 is 22.9 Å². The summed E-state index contributed by atoms with van der Waals surface area (Å²) < 4.78 is 11.7. The molecular weight excluding hydrogens is 460 g/mol. The fraction of sp³-hybridized carbons (Fsp3) is 0.0800. The lowest BCUT2D eigenvalue weighted by Crippen LogP contribution is -2.26. The largest absolute Gasteiger partial charge is 0.422 e. The minimum absolute atomic E-state index is 0.359. The first kappa shape index (κ1) is 22.7. The number of thiophene rings is 1. The van der Waals surface area contributed by atoms with E-state index in [1.54, 1.807) is 24.3 Å². The summed E-state index contributed by atoms with van der Waals surface area (Å²) in [5.74, 6) is -0.523. The molecule has 1 N–H and O–H groups in total. The van der Waals surface area contributed by atoms with Gasteiger partial charge in [0.05, 0.1) is 11.2 Å². The van der Waals surface area contributed by atoms with Crippen LogP contribution in [0, 0.1) is 0 Å². The minimum Gasteiger partial charge on any atom is -0.422 e. The summed E-state index contributed by atoms with van der Waals surface area (Å²) in [6.45, 7) is 0. The third kappa shape index (κ3) is 5.28. The van der Waals surface area contributed by atoms with Crippen LogP contribution in [0.15, 0.2) is 84.0 Å². The molecular formula is C25H19ClN2O4S. The van der Waals surface area contributed by atoms with Gasteiger partial charge in [-0.3, -0.25) is 4.79 Å². The Morgan fingerprint density at radius 1 is 1.00 bits per heavy atom. The summed E-state index contributed by atoms with van der Waals surface area (Å²) in [5, 5.41) is 5.20. The third-order valence-corrected chi connectivity index (χ3v) is 6.43. The van der Waals surface area contributed by atoms with E-state index < -0.39 is 12.1 Å². The number of nitrogens with zero attached hydrogens (tertiary/aromatic N) is 1. The van der Waals surface area contributed by atoms with Crippen molar-refractivity contribution in [2.24, 2.45) is 5.10 Å². The van der Waals surface area contributed by atoms with Gasteiger partial charge in [0.25, 0.3) is 5.91 Å². The maximum absolute atomic E-state index is 12.6. The van der Waals surface area contributed by atoms with Crippen LogP contribution in [-0.4, -0.2) is 25.2 Å². The van der Waals surface area contributed by atoms with Crippen molar-refractivity contribution in [2.75, 3.05) is 7.11 Å². The quantitative estimate of drug-likeness (QED) is 0.162. The predicted molar refractivity (Wildman–Crippen MR) is 130 cm³/mol. The first-order valence-electron chi connectivity index (χ1n) is 9.96. The van der Waals surface area contributed by atoms with Gasteiger partial charge in [-0.05, 0) is 41.5 Å². The minimum atomic E-state index is -0.758. The molecule has 0 aliphatic rings. The van der Waals surface area contributed by atoms with Crippen molar-refractivity contribution in [3.8, 4) is 5.75 Å². The number of nitrogens with one attached hydrogen (secondary N) is 1. The van der Waals surface area contributed by atoms with Crippen LogP contribution in [-0.2, 0) is 9.53 Å². The standard InChI is InChI=1S/C25H19ClN2O4S/c1-31-22(17-7-3-2-4-8-17)24(29)28-27-15-16-11-13-18(14-12-16)32-25(30)23-21(26)19-9-5-6-10-20(19)33-23/h2-15,22H,1H3,(H,28,29)/b27-15-/t22-/m1/s1. The molecule has 0 spiro atoms. The van der Waals surface area contributed by atoms with Gasteiger partial charge in [-0.2, -0.15) is 5.10 Å². The van der Waals surface area contributed by atoms with Gasteiger partial charge in [0, 0.05) is 17.2 Å². The zero-order valence-electron chi connectivity index (χ0n) is 17.5. The normalized spacial score (nSPS) is 12.1. The highest BCUT2D eigenvalue weighted by atomic mass is 35.5. The molecule has 4 aromatic rings. The van der Waals surface area contributed by atoms with E-state index in [-0.39, 0.29) is 5.91 Å². The van der Waals surface area contributed by atoms with E-state index in [0.717, 1.165) is 15.6 Å². The molecule has 3 aromatic carbocycles. The topological polar surface area (TPSA) is 77.0 Å². The fourth-order valence-corrected chi connectivity index (χ4v) is 4.56. The molecule has 8 heteroatoms. The van der Waals surface area contributed by atoms with Gasteiger partial charge >= 0.3 is 5.97 Å². The maximum atomic E-state index is 12.6. The monoisotopic (exact) mass is 478 g/mol. The Kier molecular flexibility index (Phi) is 7.14. The molecule has 0 unspecified atom stereocenters. The second-order valence-electron chi connectivity index (χ2n) is 6.96. The van der Waals surface area contributed by atoms with Crippen molar-refractivity contribution in [1.29, 1.82) is 0 Å². The molecule has 1 aromatic heterocycles. The molecule has 1 atom stereocenters. The average molecular weight is 479 g/mol. The van der Waals surface area contributed by atoms with Crippen LogP contribution in [0.1, 0.15) is 26.9 Å². The Morgan fingerprint density at radius 3 is 2.39 bits per heavy atom. The molecule has 6 nitrogen and oxygen atoms in total. The van der Waals surface area contributed by atoms with E-state index >= 15 is 0 Å². The van der Waals surface area contributed by atoms with Crippen molar-refractivity contribution in [3.05, 3.63) is 99.9 Å². The summed E-state index contributed by atoms with van der Waals surface area (Å²) in [5.41, 5.74) is 3.92. The van der Waals surface area contributed by atoms with E-state index in [4.69, 9.17) is 21.1 Å². The van der Waals surface area contributed by atoms with Crippen LogP contribution < -0.4 is 10.2 Å². The van der Waals surface area contributed by atoms with Gasteiger partial charge in [-0.15, -0.1) is 11.3 Å². The molecule has 4 rings (SSSR count). The lowest BCUT2D eigenvalue weighted by atomic mass is 10.1. The summed E-state index contributed by atoms with van der Waals surface area (Å²) in [6, 6.07) is 23.4. The fourth-order valence-electron chi connectivity index (χ4n) is 3.17. The molecule has 1 heterocycles. The summed E-state index contributed by atoms with van der Waals surface area (Å²) in [7, 11) is 1.47. The van der Waals surface area contributed by atoms with Crippen LogP contribution in [0.3, 0.4) is 0 Å². The molecule has 0 aliphatic carbocycles. The van der Waals surface area contributed by atoms with Crippen molar-refractivity contribution in [2.45, 2.75) is 6.10 Å². The number of halogens is 1. The van der Waals surface area contributed by atoms with Crippen LogP contribution in [0.5, 0.6) is 5.75 Å². The third-order valence-electron chi connectivity index (χ3n) is 4.78. The van der Waals surface area contributed by atoms with E-state index in [1.165, 1.54) is 24.7 Å². The summed E-state index contributed by atoms with van der Waals surface area (Å²) in [6.07, 6.45) is 0.732. The Hall–Kier alpha value is -3.52. The highest BCUT2D eigenvalue weighted by molar-refractivity contribution is 7.21. The van der Waals surface area contributed by atoms with Gasteiger partial charge in [0.1, 0.15) is 10.6 Å². The second-order valence-corrected chi connectivity index (χ2v) is 8.39. The number of hydrazone groups is 1. The van der Waals surface area contributed by atoms with Crippen LogP contribution in [0.25, 0.3) is 10.1 Å². The molecule has 0 radical (unpaired) electrons.